The number of nitrogens with zero attached hydrogens (tertiary/aromatic N) is 1. The van der Waals surface area contributed by atoms with Gasteiger partial charge in [-0.2, -0.15) is 0 Å². The molecule has 0 saturated carbocycles. The van der Waals surface area contributed by atoms with E-state index in [2.05, 4.69) is 0 Å². The Morgan fingerprint density at radius 1 is 0.938 bits per heavy atom. The summed E-state index contributed by atoms with van der Waals surface area (Å²) in [7, 11) is 0. The quantitative estimate of drug-likeness (QED) is 0.294. The van der Waals surface area contributed by atoms with E-state index < -0.39 is 12.1 Å². The molecule has 158 valence electrons. The van der Waals surface area contributed by atoms with Gasteiger partial charge in [0.05, 0.1) is 22.7 Å². The summed E-state index contributed by atoms with van der Waals surface area (Å²) in [5, 5.41) is 10.4. The molecule has 5 aromatic rings. The molecule has 3 aromatic carbocycles. The van der Waals surface area contributed by atoms with Crippen molar-refractivity contribution < 1.29 is 23.8 Å². The zero-order chi connectivity index (χ0) is 22.2. The molecule has 0 bridgehead atoms. The van der Waals surface area contributed by atoms with Gasteiger partial charge in [-0.05, 0) is 42.0 Å². The maximum atomic E-state index is 12.3. The maximum Gasteiger partial charge on any atom is 0.511 e. The standard InChI is InChI=1S/C25H18N2O5/c26-24(28)17-8-4-9-18-22(17)23-19(27(18)14-15-6-2-1-3-7-15)12-16(20-10-5-11-31-20)13-21(23)32-25(29)30/h1-13H,14H2,(H2,26,28)(H,29,30). The number of benzene rings is 3. The lowest BCUT2D eigenvalue weighted by Gasteiger charge is -2.10. The maximum absolute atomic E-state index is 12.3. The number of rotatable bonds is 5. The number of hydrogen-bond donors (Lipinski definition) is 2. The first-order chi connectivity index (χ1) is 15.5. The summed E-state index contributed by atoms with van der Waals surface area (Å²) >= 11 is 0. The topological polar surface area (TPSA) is 108 Å². The van der Waals surface area contributed by atoms with E-state index >= 15 is 0 Å². The molecule has 7 nitrogen and oxygen atoms in total. The van der Waals surface area contributed by atoms with Crippen LogP contribution in [0.1, 0.15) is 15.9 Å². The van der Waals surface area contributed by atoms with E-state index in [0.29, 0.717) is 39.7 Å². The molecule has 0 aliphatic rings. The Hall–Kier alpha value is -4.52. The van der Waals surface area contributed by atoms with E-state index in [4.69, 9.17) is 14.9 Å². The molecule has 2 heterocycles. The molecule has 0 saturated heterocycles. The molecule has 32 heavy (non-hydrogen) atoms. The van der Waals surface area contributed by atoms with Gasteiger partial charge in [-0.1, -0.05) is 36.4 Å². The molecule has 7 heteroatoms. The number of fused-ring (bicyclic) bond motifs is 3. The van der Waals surface area contributed by atoms with Crippen molar-refractivity contribution >= 4 is 33.9 Å². The Labute approximate surface area is 182 Å². The minimum absolute atomic E-state index is 0.104. The molecule has 0 unspecified atom stereocenters. The second-order valence-corrected chi connectivity index (χ2v) is 7.35. The first kappa shape index (κ1) is 19.4. The summed E-state index contributed by atoms with van der Waals surface area (Å²) in [6, 6.07) is 22.1. The van der Waals surface area contributed by atoms with E-state index in [1.165, 1.54) is 0 Å². The molecule has 0 atom stereocenters. The average Bonchev–Trinajstić information content (AvgIpc) is 3.41. The summed E-state index contributed by atoms with van der Waals surface area (Å²) in [6.45, 7) is 0.497. The normalized spacial score (nSPS) is 11.1. The molecule has 0 aliphatic carbocycles. The number of primary amides is 1. The summed E-state index contributed by atoms with van der Waals surface area (Å²) in [5.41, 5.74) is 9.09. The number of carbonyl (C=O) groups is 2. The van der Waals surface area contributed by atoms with Crippen molar-refractivity contribution in [1.29, 1.82) is 0 Å². The van der Waals surface area contributed by atoms with Gasteiger partial charge in [-0.15, -0.1) is 0 Å². The Morgan fingerprint density at radius 3 is 2.44 bits per heavy atom. The number of carboxylic acid groups (broad SMARTS) is 1. The second kappa shape index (κ2) is 7.63. The molecular formula is C25H18N2O5. The van der Waals surface area contributed by atoms with Gasteiger partial charge in [0.15, 0.2) is 0 Å². The fraction of sp³-hybridized carbons (Fsp3) is 0.0400. The third-order valence-corrected chi connectivity index (χ3v) is 5.41. The Bertz CT molecular complexity index is 1470. The van der Waals surface area contributed by atoms with Gasteiger partial charge in [0.25, 0.3) is 0 Å². The van der Waals surface area contributed by atoms with Crippen LogP contribution >= 0.6 is 0 Å². The Balaban J connectivity index is 1.91. The summed E-state index contributed by atoms with van der Waals surface area (Å²) in [5.74, 6) is 0.0615. The number of amides is 1. The fourth-order valence-electron chi connectivity index (χ4n) is 4.12. The number of furan rings is 1. The monoisotopic (exact) mass is 426 g/mol. The SMILES string of the molecule is NC(=O)c1cccc2c1c1c(OC(=O)O)cc(-c3ccco3)cc1n2Cc1ccccc1. The van der Waals surface area contributed by atoms with Crippen LogP contribution in [0.5, 0.6) is 5.75 Å². The van der Waals surface area contributed by atoms with Crippen LogP contribution in [0.3, 0.4) is 0 Å². The minimum atomic E-state index is -1.46. The first-order valence-corrected chi connectivity index (χ1v) is 9.90. The van der Waals surface area contributed by atoms with Gasteiger partial charge < -0.3 is 24.6 Å². The number of hydrogen-bond acceptors (Lipinski definition) is 4. The molecule has 2 aromatic heterocycles. The van der Waals surface area contributed by atoms with Crippen molar-refractivity contribution in [2.75, 3.05) is 0 Å². The van der Waals surface area contributed by atoms with Crippen LogP contribution in [0.15, 0.2) is 83.5 Å². The highest BCUT2D eigenvalue weighted by molar-refractivity contribution is 6.20. The molecule has 1 amide bonds. The second-order valence-electron chi connectivity index (χ2n) is 7.35. The smallest absolute Gasteiger partial charge is 0.464 e. The molecule has 3 N–H and O–H groups in total. The van der Waals surface area contributed by atoms with Crippen LogP contribution in [-0.2, 0) is 6.54 Å². The number of aromatic nitrogens is 1. The molecular weight excluding hydrogens is 408 g/mol. The lowest BCUT2D eigenvalue weighted by molar-refractivity contribution is 0.100. The van der Waals surface area contributed by atoms with Crippen molar-refractivity contribution in [3.05, 3.63) is 90.2 Å². The van der Waals surface area contributed by atoms with E-state index in [1.54, 1.807) is 36.6 Å². The van der Waals surface area contributed by atoms with Gasteiger partial charge in [0.1, 0.15) is 11.5 Å². The summed E-state index contributed by atoms with van der Waals surface area (Å²) in [4.78, 5) is 23.8. The molecule has 0 aliphatic heterocycles. The number of nitrogens with two attached hydrogens (primary N) is 1. The van der Waals surface area contributed by atoms with Gasteiger partial charge in [0, 0.05) is 23.1 Å². The van der Waals surface area contributed by atoms with Crippen LogP contribution in [0, 0.1) is 0 Å². The molecule has 5 rings (SSSR count). The lowest BCUT2D eigenvalue weighted by Crippen LogP contribution is -2.11. The van der Waals surface area contributed by atoms with Crippen LogP contribution in [-0.4, -0.2) is 21.7 Å². The van der Waals surface area contributed by atoms with Crippen LogP contribution in [0.4, 0.5) is 4.79 Å². The third-order valence-electron chi connectivity index (χ3n) is 5.41. The largest absolute Gasteiger partial charge is 0.511 e. The van der Waals surface area contributed by atoms with Crippen molar-refractivity contribution in [1.82, 2.24) is 4.57 Å². The average molecular weight is 426 g/mol. The van der Waals surface area contributed by atoms with Crippen molar-refractivity contribution in [3.8, 4) is 17.1 Å². The van der Waals surface area contributed by atoms with Gasteiger partial charge in [0.2, 0.25) is 5.91 Å². The molecule has 0 spiro atoms. The zero-order valence-corrected chi connectivity index (χ0v) is 16.8. The predicted molar refractivity (Wildman–Crippen MR) is 120 cm³/mol. The fourth-order valence-corrected chi connectivity index (χ4v) is 4.12. The highest BCUT2D eigenvalue weighted by Gasteiger charge is 2.22. The van der Waals surface area contributed by atoms with E-state index in [-0.39, 0.29) is 5.75 Å². The van der Waals surface area contributed by atoms with E-state index in [9.17, 15) is 14.7 Å². The lowest BCUT2D eigenvalue weighted by atomic mass is 10.0. The van der Waals surface area contributed by atoms with Crippen LogP contribution in [0.2, 0.25) is 0 Å². The van der Waals surface area contributed by atoms with Crippen LogP contribution < -0.4 is 10.5 Å². The van der Waals surface area contributed by atoms with Crippen molar-refractivity contribution in [3.63, 3.8) is 0 Å². The first-order valence-electron chi connectivity index (χ1n) is 9.90. The van der Waals surface area contributed by atoms with Gasteiger partial charge in [-0.25, -0.2) is 4.79 Å². The third kappa shape index (κ3) is 3.26. The highest BCUT2D eigenvalue weighted by Crippen LogP contribution is 2.41. The minimum Gasteiger partial charge on any atom is -0.464 e. The zero-order valence-electron chi connectivity index (χ0n) is 16.8. The van der Waals surface area contributed by atoms with Gasteiger partial charge in [-0.3, -0.25) is 4.79 Å². The van der Waals surface area contributed by atoms with Crippen LogP contribution in [0.25, 0.3) is 33.1 Å². The predicted octanol–water partition coefficient (Wildman–Crippen LogP) is 5.26. The Kier molecular flexibility index (Phi) is 4.63. The summed E-state index contributed by atoms with van der Waals surface area (Å²) < 4.78 is 12.7. The van der Waals surface area contributed by atoms with Gasteiger partial charge >= 0.3 is 6.16 Å². The number of carbonyl (C=O) groups excluding carboxylic acids is 1. The van der Waals surface area contributed by atoms with E-state index in [0.717, 1.165) is 11.1 Å². The number of ether oxygens (including phenoxy) is 1. The van der Waals surface area contributed by atoms with Crippen molar-refractivity contribution in [2.45, 2.75) is 6.54 Å². The highest BCUT2D eigenvalue weighted by atomic mass is 16.7. The molecule has 0 fully saturated rings. The van der Waals surface area contributed by atoms with E-state index in [1.807, 2.05) is 47.0 Å². The molecule has 0 radical (unpaired) electrons. The Morgan fingerprint density at radius 2 is 1.75 bits per heavy atom. The summed E-state index contributed by atoms with van der Waals surface area (Å²) in [6.07, 6.45) is 0.0884. The van der Waals surface area contributed by atoms with Crippen molar-refractivity contribution in [2.24, 2.45) is 5.73 Å².